The highest BCUT2D eigenvalue weighted by molar-refractivity contribution is 6.31. The molecule has 1 rings (SSSR count). The van der Waals surface area contributed by atoms with Crippen LogP contribution in [0.4, 0.5) is 0 Å². The smallest absolute Gasteiger partial charge is 0.336 e. The molecule has 0 saturated heterocycles. The molecule has 0 aromatic heterocycles. The third-order valence-corrected chi connectivity index (χ3v) is 4.93. The van der Waals surface area contributed by atoms with Crippen LogP contribution in [0.3, 0.4) is 0 Å². The summed E-state index contributed by atoms with van der Waals surface area (Å²) in [6.07, 6.45) is 2.52. The average Bonchev–Trinajstić information content (AvgIpc) is 2.57. The summed E-state index contributed by atoms with van der Waals surface area (Å²) < 4.78 is 0. The van der Waals surface area contributed by atoms with Gasteiger partial charge in [0, 0.05) is 23.4 Å². The van der Waals surface area contributed by atoms with E-state index in [1.165, 1.54) is 13.8 Å². The number of halogens is 1. The van der Waals surface area contributed by atoms with E-state index in [0.29, 0.717) is 23.4 Å². The number of aryl methyl sites for hydroxylation is 1. The first-order valence-corrected chi connectivity index (χ1v) is 9.85. The quantitative estimate of drug-likeness (QED) is 0.337. The van der Waals surface area contributed by atoms with Crippen LogP contribution >= 0.6 is 11.6 Å². The van der Waals surface area contributed by atoms with Gasteiger partial charge in [0.25, 0.3) is 0 Å². The summed E-state index contributed by atoms with van der Waals surface area (Å²) in [7, 11) is 0. The van der Waals surface area contributed by atoms with E-state index < -0.39 is 29.9 Å². The molecular formula is C21H29ClO6. The first kappa shape index (κ1) is 24.3. The molecule has 7 heteroatoms. The topological polar surface area (TPSA) is 112 Å². The molecule has 0 aliphatic carbocycles. The van der Waals surface area contributed by atoms with Crippen LogP contribution in [0.5, 0.6) is 0 Å². The van der Waals surface area contributed by atoms with Gasteiger partial charge in [0.2, 0.25) is 0 Å². The summed E-state index contributed by atoms with van der Waals surface area (Å²) in [5.74, 6) is -1.95. The lowest BCUT2D eigenvalue weighted by Crippen LogP contribution is -2.43. The Kier molecular flexibility index (Phi) is 9.79. The van der Waals surface area contributed by atoms with Crippen molar-refractivity contribution in [1.29, 1.82) is 0 Å². The molecule has 3 N–H and O–H groups in total. The number of benzene rings is 1. The number of hydrogen-bond donors (Lipinski definition) is 3. The molecule has 0 amide bonds. The molecule has 6 nitrogen and oxygen atoms in total. The third kappa shape index (κ3) is 8.09. The molecule has 0 spiro atoms. The van der Waals surface area contributed by atoms with E-state index in [1.54, 1.807) is 12.1 Å². The summed E-state index contributed by atoms with van der Waals surface area (Å²) in [6, 6.07) is 5.31. The Bertz CT molecular complexity index is 702. The van der Waals surface area contributed by atoms with Gasteiger partial charge in [-0.1, -0.05) is 36.9 Å². The second-order valence-corrected chi connectivity index (χ2v) is 7.82. The highest BCUT2D eigenvalue weighted by Crippen LogP contribution is 2.22. The van der Waals surface area contributed by atoms with Gasteiger partial charge in [0.05, 0.1) is 6.10 Å². The number of hydrogen-bond acceptors (Lipinski definition) is 5. The molecule has 156 valence electrons. The van der Waals surface area contributed by atoms with Crippen LogP contribution < -0.4 is 0 Å². The van der Waals surface area contributed by atoms with E-state index in [2.05, 4.69) is 0 Å². The summed E-state index contributed by atoms with van der Waals surface area (Å²) in [5, 5.41) is 29.7. The van der Waals surface area contributed by atoms with Crippen molar-refractivity contribution in [3.05, 3.63) is 34.3 Å². The molecule has 1 aromatic carbocycles. The van der Waals surface area contributed by atoms with E-state index in [1.807, 2.05) is 6.07 Å². The summed E-state index contributed by atoms with van der Waals surface area (Å²) in [6.45, 7) is 2.72. The van der Waals surface area contributed by atoms with Crippen molar-refractivity contribution < 1.29 is 29.7 Å². The number of carbonyl (C=O) groups excluding carboxylic acids is 2. The second-order valence-electron chi connectivity index (χ2n) is 7.38. The Morgan fingerprint density at radius 2 is 1.75 bits per heavy atom. The van der Waals surface area contributed by atoms with E-state index in [-0.39, 0.29) is 12.2 Å². The number of rotatable bonds is 13. The van der Waals surface area contributed by atoms with Gasteiger partial charge in [-0.25, -0.2) is 4.79 Å². The van der Waals surface area contributed by atoms with Crippen molar-refractivity contribution in [2.75, 3.05) is 0 Å². The van der Waals surface area contributed by atoms with E-state index >= 15 is 0 Å². The maximum atomic E-state index is 11.7. The van der Waals surface area contributed by atoms with Gasteiger partial charge in [-0.15, -0.1) is 0 Å². The highest BCUT2D eigenvalue weighted by atomic mass is 35.5. The second kappa shape index (κ2) is 11.3. The minimum absolute atomic E-state index is 0.0166. The van der Waals surface area contributed by atoms with Crippen molar-refractivity contribution in [3.63, 3.8) is 0 Å². The fraction of sp³-hybridized carbons (Fsp3) is 0.571. The first-order chi connectivity index (χ1) is 13.0. The number of aliphatic hydroxyl groups excluding tert-OH is 1. The van der Waals surface area contributed by atoms with Crippen molar-refractivity contribution in [3.8, 4) is 0 Å². The van der Waals surface area contributed by atoms with Crippen molar-refractivity contribution >= 4 is 29.1 Å². The maximum Gasteiger partial charge on any atom is 0.336 e. The van der Waals surface area contributed by atoms with Crippen LogP contribution in [0.2, 0.25) is 5.02 Å². The number of Topliss-reactive ketones (excluding diaryl/α,β-unsaturated/α-hetero) is 2. The summed E-state index contributed by atoms with van der Waals surface area (Å²) in [4.78, 5) is 34.0. The van der Waals surface area contributed by atoms with E-state index in [9.17, 15) is 24.6 Å². The number of unbranched alkanes of at least 4 members (excludes halogenated alkanes) is 3. The minimum atomic E-state index is -2.22. The third-order valence-electron chi connectivity index (χ3n) is 4.70. The standard InChI is InChI=1S/C21H29ClO6/c1-14(23)12-21(28,20(26)27)13-18(25)8-6-4-3-5-7-16-9-10-17(22)11-19(16)15(2)24/h9-11,18,25,28H,3-8,12-13H2,1-2H3,(H,26,27). The lowest BCUT2D eigenvalue weighted by atomic mass is 9.89. The van der Waals surface area contributed by atoms with E-state index in [0.717, 1.165) is 31.2 Å². The fourth-order valence-corrected chi connectivity index (χ4v) is 3.45. The molecule has 0 aliphatic rings. The molecule has 1 aromatic rings. The zero-order valence-corrected chi connectivity index (χ0v) is 17.2. The van der Waals surface area contributed by atoms with Crippen LogP contribution in [0.25, 0.3) is 0 Å². The number of aliphatic carboxylic acids is 1. The van der Waals surface area contributed by atoms with Crippen molar-refractivity contribution in [2.24, 2.45) is 0 Å². The zero-order valence-electron chi connectivity index (χ0n) is 16.4. The number of aliphatic hydroxyl groups is 2. The predicted octanol–water partition coefficient (Wildman–Crippen LogP) is 3.58. The van der Waals surface area contributed by atoms with Crippen LogP contribution in [0, 0.1) is 0 Å². The van der Waals surface area contributed by atoms with Gasteiger partial charge in [0.15, 0.2) is 11.4 Å². The van der Waals surface area contributed by atoms with Crippen LogP contribution in [0.1, 0.15) is 74.7 Å². The summed E-state index contributed by atoms with van der Waals surface area (Å²) in [5.41, 5.74) is -0.614. The maximum absolute atomic E-state index is 11.7. The molecule has 0 bridgehead atoms. The Balaban J connectivity index is 2.37. The molecule has 0 heterocycles. The summed E-state index contributed by atoms with van der Waals surface area (Å²) >= 11 is 5.94. The number of ketones is 2. The number of carboxylic acid groups (broad SMARTS) is 1. The zero-order chi connectivity index (χ0) is 21.3. The Labute approximate surface area is 170 Å². The molecule has 2 unspecified atom stereocenters. The number of carboxylic acids is 1. The molecule has 0 fully saturated rings. The predicted molar refractivity (Wildman–Crippen MR) is 107 cm³/mol. The molecular weight excluding hydrogens is 384 g/mol. The van der Waals surface area contributed by atoms with Gasteiger partial charge in [-0.05, 0) is 50.8 Å². The first-order valence-electron chi connectivity index (χ1n) is 9.48. The van der Waals surface area contributed by atoms with Gasteiger partial charge in [-0.3, -0.25) is 9.59 Å². The fourth-order valence-electron chi connectivity index (χ4n) is 3.28. The Morgan fingerprint density at radius 3 is 2.32 bits per heavy atom. The lowest BCUT2D eigenvalue weighted by molar-refractivity contribution is -0.164. The van der Waals surface area contributed by atoms with Gasteiger partial charge >= 0.3 is 5.97 Å². The lowest BCUT2D eigenvalue weighted by Gasteiger charge is -2.25. The molecule has 0 aliphatic heterocycles. The minimum Gasteiger partial charge on any atom is -0.479 e. The largest absolute Gasteiger partial charge is 0.479 e. The highest BCUT2D eigenvalue weighted by Gasteiger charge is 2.39. The van der Waals surface area contributed by atoms with Crippen molar-refractivity contribution in [2.45, 2.75) is 76.9 Å². The molecule has 0 radical (unpaired) electrons. The van der Waals surface area contributed by atoms with E-state index in [4.69, 9.17) is 16.7 Å². The monoisotopic (exact) mass is 412 g/mol. The molecule has 28 heavy (non-hydrogen) atoms. The van der Waals surface area contributed by atoms with Gasteiger partial charge in [-0.2, -0.15) is 0 Å². The normalized spacial score (nSPS) is 14.3. The van der Waals surface area contributed by atoms with Crippen LogP contribution in [-0.4, -0.2) is 44.6 Å². The SMILES string of the molecule is CC(=O)CC(O)(CC(O)CCCCCCc1ccc(Cl)cc1C(C)=O)C(=O)O. The van der Waals surface area contributed by atoms with Gasteiger partial charge in [0.1, 0.15) is 5.78 Å². The average molecular weight is 413 g/mol. The Hall–Kier alpha value is -1.76. The van der Waals surface area contributed by atoms with Crippen molar-refractivity contribution in [1.82, 2.24) is 0 Å². The Morgan fingerprint density at radius 1 is 1.11 bits per heavy atom. The molecule has 0 saturated carbocycles. The van der Waals surface area contributed by atoms with Crippen LogP contribution in [-0.2, 0) is 16.0 Å². The van der Waals surface area contributed by atoms with Gasteiger partial charge < -0.3 is 15.3 Å². The molecule has 2 atom stereocenters. The van der Waals surface area contributed by atoms with Crippen LogP contribution in [0.15, 0.2) is 18.2 Å². The number of carbonyl (C=O) groups is 3.